The zero-order chi connectivity index (χ0) is 17.3. The lowest BCUT2D eigenvalue weighted by Crippen LogP contribution is -2.48. The number of halogens is 1. The van der Waals surface area contributed by atoms with Crippen molar-refractivity contribution in [2.24, 2.45) is 5.92 Å². The van der Waals surface area contributed by atoms with Crippen LogP contribution in [0.2, 0.25) is 0 Å². The van der Waals surface area contributed by atoms with Crippen LogP contribution in [-0.4, -0.2) is 53.0 Å². The Morgan fingerprint density at radius 2 is 2.21 bits per heavy atom. The van der Waals surface area contributed by atoms with Gasteiger partial charge in [-0.1, -0.05) is 0 Å². The standard InChI is InChI=1S/C17H22FN3O3/c1-10(2)20-17(23)14-6-13-8-21(9-15(14)24-13)16(22)5-12-4-3-11(18)7-19-12/h3-4,7,10,13-15H,5-6,8-9H2,1-2H3,(H,20,23)/t13-,14+,15+/m0/s1. The number of carbonyl (C=O) groups excluding carboxylic acids is 2. The molecule has 0 spiro atoms. The van der Waals surface area contributed by atoms with Gasteiger partial charge in [0, 0.05) is 24.8 Å². The van der Waals surface area contributed by atoms with E-state index in [1.54, 1.807) is 4.90 Å². The van der Waals surface area contributed by atoms with E-state index < -0.39 is 5.82 Å². The minimum absolute atomic E-state index is 0.00741. The molecule has 130 valence electrons. The van der Waals surface area contributed by atoms with Crippen molar-refractivity contribution in [1.82, 2.24) is 15.2 Å². The van der Waals surface area contributed by atoms with Gasteiger partial charge in [-0.25, -0.2) is 4.39 Å². The zero-order valence-corrected chi connectivity index (χ0v) is 13.9. The fraction of sp³-hybridized carbons (Fsp3) is 0.588. The summed E-state index contributed by atoms with van der Waals surface area (Å²) in [6, 6.07) is 2.90. The van der Waals surface area contributed by atoms with Crippen LogP contribution in [-0.2, 0) is 20.7 Å². The summed E-state index contributed by atoms with van der Waals surface area (Å²) in [6.45, 7) is 4.74. The lowest BCUT2D eigenvalue weighted by atomic mass is 9.99. The fourth-order valence-corrected chi connectivity index (χ4v) is 3.31. The number of ether oxygens (including phenoxy) is 1. The summed E-state index contributed by atoms with van der Waals surface area (Å²) in [5.41, 5.74) is 0.536. The van der Waals surface area contributed by atoms with Gasteiger partial charge in [-0.2, -0.15) is 0 Å². The predicted molar refractivity (Wildman–Crippen MR) is 84.5 cm³/mol. The molecule has 2 aliphatic heterocycles. The smallest absolute Gasteiger partial charge is 0.228 e. The molecule has 3 atom stereocenters. The third-order valence-electron chi connectivity index (χ3n) is 4.40. The fourth-order valence-electron chi connectivity index (χ4n) is 3.31. The molecule has 2 aliphatic rings. The zero-order valence-electron chi connectivity index (χ0n) is 13.9. The van der Waals surface area contributed by atoms with E-state index in [4.69, 9.17) is 4.74 Å². The number of fused-ring (bicyclic) bond motifs is 2. The van der Waals surface area contributed by atoms with Crippen LogP contribution in [0.1, 0.15) is 26.0 Å². The topological polar surface area (TPSA) is 71.5 Å². The molecule has 1 aromatic heterocycles. The molecule has 7 heteroatoms. The summed E-state index contributed by atoms with van der Waals surface area (Å²) in [5, 5.41) is 2.92. The van der Waals surface area contributed by atoms with Gasteiger partial charge in [-0.15, -0.1) is 0 Å². The largest absolute Gasteiger partial charge is 0.370 e. The quantitative estimate of drug-likeness (QED) is 0.888. The van der Waals surface area contributed by atoms with Crippen LogP contribution in [0.15, 0.2) is 18.3 Å². The first-order valence-corrected chi connectivity index (χ1v) is 8.26. The van der Waals surface area contributed by atoms with Crippen molar-refractivity contribution in [2.75, 3.05) is 13.1 Å². The second-order valence-corrected chi connectivity index (χ2v) is 6.75. The van der Waals surface area contributed by atoms with E-state index in [2.05, 4.69) is 10.3 Å². The van der Waals surface area contributed by atoms with E-state index in [-0.39, 0.29) is 42.4 Å². The SMILES string of the molecule is CC(C)NC(=O)[C@@H]1C[C@H]2CN(C(=O)Cc3ccc(F)cn3)C[C@H]1O2. The Morgan fingerprint density at radius 3 is 2.88 bits per heavy atom. The minimum Gasteiger partial charge on any atom is -0.370 e. The predicted octanol–water partition coefficient (Wildman–Crippen LogP) is 0.904. The molecule has 3 heterocycles. The van der Waals surface area contributed by atoms with Crippen LogP contribution in [0.25, 0.3) is 0 Å². The Balaban J connectivity index is 1.60. The van der Waals surface area contributed by atoms with E-state index in [1.165, 1.54) is 12.1 Å². The molecule has 1 N–H and O–H groups in total. The Labute approximate surface area is 140 Å². The van der Waals surface area contributed by atoms with Gasteiger partial charge in [-0.05, 0) is 32.4 Å². The first-order valence-electron chi connectivity index (χ1n) is 8.26. The van der Waals surface area contributed by atoms with Crippen molar-refractivity contribution in [1.29, 1.82) is 0 Å². The Hall–Kier alpha value is -2.02. The molecular formula is C17H22FN3O3. The molecule has 2 bridgehead atoms. The van der Waals surface area contributed by atoms with Gasteiger partial charge in [-0.3, -0.25) is 14.6 Å². The number of aromatic nitrogens is 1. The first kappa shape index (κ1) is 16.8. The molecule has 0 saturated carbocycles. The van der Waals surface area contributed by atoms with Crippen molar-refractivity contribution in [3.63, 3.8) is 0 Å². The van der Waals surface area contributed by atoms with Crippen LogP contribution >= 0.6 is 0 Å². The number of likely N-dealkylation sites (tertiary alicyclic amines) is 1. The molecule has 0 radical (unpaired) electrons. The number of carbonyl (C=O) groups is 2. The van der Waals surface area contributed by atoms with E-state index in [9.17, 15) is 14.0 Å². The molecule has 2 amide bonds. The number of rotatable bonds is 4. The molecule has 24 heavy (non-hydrogen) atoms. The molecule has 0 aliphatic carbocycles. The summed E-state index contributed by atoms with van der Waals surface area (Å²) < 4.78 is 18.7. The number of morpholine rings is 1. The van der Waals surface area contributed by atoms with Gasteiger partial charge in [0.1, 0.15) is 5.82 Å². The Bertz CT molecular complexity index is 620. The molecule has 6 nitrogen and oxygen atoms in total. The maximum Gasteiger partial charge on any atom is 0.228 e. The van der Waals surface area contributed by atoms with Crippen molar-refractivity contribution >= 4 is 11.8 Å². The molecular weight excluding hydrogens is 313 g/mol. The summed E-state index contributed by atoms with van der Waals surface area (Å²) in [4.78, 5) is 30.4. The average Bonchev–Trinajstić information content (AvgIpc) is 2.83. The highest BCUT2D eigenvalue weighted by atomic mass is 19.1. The summed E-state index contributed by atoms with van der Waals surface area (Å²) in [7, 11) is 0. The van der Waals surface area contributed by atoms with Gasteiger partial charge in [0.05, 0.1) is 30.7 Å². The highest BCUT2D eigenvalue weighted by Gasteiger charge is 2.45. The van der Waals surface area contributed by atoms with E-state index in [0.717, 1.165) is 6.20 Å². The molecule has 2 saturated heterocycles. The lowest BCUT2D eigenvalue weighted by molar-refractivity contribution is -0.142. The van der Waals surface area contributed by atoms with Crippen LogP contribution < -0.4 is 5.32 Å². The number of nitrogens with one attached hydrogen (secondary N) is 1. The molecule has 3 rings (SSSR count). The number of amides is 2. The number of nitrogens with zero attached hydrogens (tertiary/aromatic N) is 2. The maximum absolute atomic E-state index is 12.9. The number of pyridine rings is 1. The minimum atomic E-state index is -0.422. The van der Waals surface area contributed by atoms with Crippen LogP contribution in [0.4, 0.5) is 4.39 Å². The highest BCUT2D eigenvalue weighted by molar-refractivity contribution is 5.81. The third kappa shape index (κ3) is 3.72. The molecule has 0 unspecified atom stereocenters. The maximum atomic E-state index is 12.9. The molecule has 2 fully saturated rings. The number of hydrogen-bond acceptors (Lipinski definition) is 4. The average molecular weight is 335 g/mol. The Morgan fingerprint density at radius 1 is 1.42 bits per heavy atom. The lowest BCUT2D eigenvalue weighted by Gasteiger charge is -2.33. The Kier molecular flexibility index (Phi) is 4.80. The van der Waals surface area contributed by atoms with Gasteiger partial charge >= 0.3 is 0 Å². The second kappa shape index (κ2) is 6.84. The van der Waals surface area contributed by atoms with Crippen molar-refractivity contribution in [2.45, 2.75) is 44.9 Å². The third-order valence-corrected chi connectivity index (χ3v) is 4.40. The van der Waals surface area contributed by atoms with Gasteiger partial charge in [0.25, 0.3) is 0 Å². The first-order chi connectivity index (χ1) is 11.4. The second-order valence-electron chi connectivity index (χ2n) is 6.75. The van der Waals surface area contributed by atoms with Gasteiger partial charge in [0.2, 0.25) is 11.8 Å². The van der Waals surface area contributed by atoms with E-state index in [0.29, 0.717) is 25.2 Å². The van der Waals surface area contributed by atoms with Crippen LogP contribution in [0, 0.1) is 11.7 Å². The molecule has 1 aromatic rings. The van der Waals surface area contributed by atoms with Gasteiger partial charge < -0.3 is 15.0 Å². The van der Waals surface area contributed by atoms with Crippen molar-refractivity contribution in [3.05, 3.63) is 29.8 Å². The number of hydrogen-bond donors (Lipinski definition) is 1. The van der Waals surface area contributed by atoms with Crippen molar-refractivity contribution < 1.29 is 18.7 Å². The van der Waals surface area contributed by atoms with E-state index in [1.807, 2.05) is 13.8 Å². The summed E-state index contributed by atoms with van der Waals surface area (Å²) in [5.74, 6) is -0.710. The van der Waals surface area contributed by atoms with E-state index >= 15 is 0 Å². The molecule has 0 aromatic carbocycles. The summed E-state index contributed by atoms with van der Waals surface area (Å²) in [6.07, 6.45) is 1.52. The summed E-state index contributed by atoms with van der Waals surface area (Å²) >= 11 is 0. The van der Waals surface area contributed by atoms with Gasteiger partial charge in [0.15, 0.2) is 0 Å². The van der Waals surface area contributed by atoms with Crippen LogP contribution in [0.3, 0.4) is 0 Å². The van der Waals surface area contributed by atoms with Crippen molar-refractivity contribution in [3.8, 4) is 0 Å². The normalized spacial score (nSPS) is 25.8. The monoisotopic (exact) mass is 335 g/mol. The highest BCUT2D eigenvalue weighted by Crippen LogP contribution is 2.32. The van der Waals surface area contributed by atoms with Crippen LogP contribution in [0.5, 0.6) is 0 Å².